The molecule has 0 amide bonds. The third kappa shape index (κ3) is 2.53. The molecule has 22 heavy (non-hydrogen) atoms. The molecule has 1 aliphatic heterocycles. The molecule has 0 aliphatic carbocycles. The second kappa shape index (κ2) is 5.78. The first kappa shape index (κ1) is 13.8. The molecular weight excluding hydrogens is 342 g/mol. The van der Waals surface area contributed by atoms with E-state index in [0.717, 1.165) is 53.1 Å². The van der Waals surface area contributed by atoms with E-state index >= 15 is 0 Å². The lowest BCUT2D eigenvalue weighted by Gasteiger charge is -2.20. The molecule has 0 radical (unpaired) electrons. The SMILES string of the molecule is Brc1ccc(-c2ccc3nnc(C4CCNCC4)n3n2)cc1. The van der Waals surface area contributed by atoms with Crippen LogP contribution in [-0.2, 0) is 0 Å². The van der Waals surface area contributed by atoms with E-state index in [1.165, 1.54) is 0 Å². The van der Waals surface area contributed by atoms with Gasteiger partial charge in [0.15, 0.2) is 11.5 Å². The molecule has 0 saturated carbocycles. The minimum atomic E-state index is 0.434. The van der Waals surface area contributed by atoms with Crippen LogP contribution in [0.4, 0.5) is 0 Å². The summed E-state index contributed by atoms with van der Waals surface area (Å²) in [5.74, 6) is 1.42. The number of benzene rings is 1. The van der Waals surface area contributed by atoms with Crippen LogP contribution in [0.25, 0.3) is 16.9 Å². The van der Waals surface area contributed by atoms with Crippen LogP contribution in [0.15, 0.2) is 40.9 Å². The molecule has 0 atom stereocenters. The number of rotatable bonds is 2. The van der Waals surface area contributed by atoms with E-state index in [1.807, 2.05) is 28.8 Å². The number of nitrogens with one attached hydrogen (secondary N) is 1. The number of hydrogen-bond donors (Lipinski definition) is 1. The highest BCUT2D eigenvalue weighted by atomic mass is 79.9. The van der Waals surface area contributed by atoms with Crippen LogP contribution < -0.4 is 5.32 Å². The molecule has 3 aromatic rings. The van der Waals surface area contributed by atoms with Gasteiger partial charge in [-0.25, -0.2) is 0 Å². The summed E-state index contributed by atoms with van der Waals surface area (Å²) in [5, 5.41) is 16.8. The van der Waals surface area contributed by atoms with Crippen LogP contribution in [0.3, 0.4) is 0 Å². The third-order valence-corrected chi connectivity index (χ3v) is 4.66. The Morgan fingerprint density at radius 1 is 1.00 bits per heavy atom. The molecule has 1 fully saturated rings. The summed E-state index contributed by atoms with van der Waals surface area (Å²) >= 11 is 3.46. The molecule has 3 heterocycles. The first-order valence-electron chi connectivity index (χ1n) is 7.50. The number of aromatic nitrogens is 4. The summed E-state index contributed by atoms with van der Waals surface area (Å²) in [5.41, 5.74) is 2.85. The minimum Gasteiger partial charge on any atom is -0.317 e. The molecule has 2 aromatic heterocycles. The summed E-state index contributed by atoms with van der Waals surface area (Å²) in [6.07, 6.45) is 2.18. The van der Waals surface area contributed by atoms with Crippen molar-refractivity contribution >= 4 is 21.6 Å². The Hall–Kier alpha value is -1.79. The summed E-state index contributed by atoms with van der Waals surface area (Å²) in [7, 11) is 0. The van der Waals surface area contributed by atoms with Gasteiger partial charge >= 0.3 is 0 Å². The van der Waals surface area contributed by atoms with E-state index in [-0.39, 0.29) is 0 Å². The van der Waals surface area contributed by atoms with Gasteiger partial charge in [0.1, 0.15) is 0 Å². The van der Waals surface area contributed by atoms with Crippen molar-refractivity contribution in [3.63, 3.8) is 0 Å². The van der Waals surface area contributed by atoms with E-state index in [2.05, 4.69) is 43.6 Å². The highest BCUT2D eigenvalue weighted by Gasteiger charge is 2.21. The topological polar surface area (TPSA) is 55.1 Å². The highest BCUT2D eigenvalue weighted by Crippen LogP contribution is 2.25. The fraction of sp³-hybridized carbons (Fsp3) is 0.312. The summed E-state index contributed by atoms with van der Waals surface area (Å²) < 4.78 is 2.98. The molecule has 0 bridgehead atoms. The molecule has 0 spiro atoms. The first-order chi connectivity index (χ1) is 10.8. The molecule has 112 valence electrons. The van der Waals surface area contributed by atoms with Gasteiger partial charge in [0.05, 0.1) is 5.69 Å². The Morgan fingerprint density at radius 3 is 2.55 bits per heavy atom. The second-order valence-electron chi connectivity index (χ2n) is 5.58. The minimum absolute atomic E-state index is 0.434. The van der Waals surface area contributed by atoms with Gasteiger partial charge in [0.2, 0.25) is 0 Å². The van der Waals surface area contributed by atoms with Crippen molar-refractivity contribution in [3.8, 4) is 11.3 Å². The second-order valence-corrected chi connectivity index (χ2v) is 6.49. The van der Waals surface area contributed by atoms with Gasteiger partial charge in [0, 0.05) is 16.0 Å². The summed E-state index contributed by atoms with van der Waals surface area (Å²) in [6, 6.07) is 12.2. The molecule has 1 N–H and O–H groups in total. The lowest BCUT2D eigenvalue weighted by Crippen LogP contribution is -2.27. The van der Waals surface area contributed by atoms with Crippen molar-refractivity contribution in [3.05, 3.63) is 46.7 Å². The fourth-order valence-electron chi connectivity index (χ4n) is 2.91. The standard InChI is InChI=1S/C16H16BrN5/c17-13-3-1-11(2-4-13)14-5-6-15-19-20-16(22(15)21-14)12-7-9-18-10-8-12/h1-6,12,18H,7-10H2. The summed E-state index contributed by atoms with van der Waals surface area (Å²) in [4.78, 5) is 0. The summed E-state index contributed by atoms with van der Waals surface area (Å²) in [6.45, 7) is 2.07. The van der Waals surface area contributed by atoms with Crippen LogP contribution in [0.5, 0.6) is 0 Å². The van der Waals surface area contributed by atoms with Crippen molar-refractivity contribution < 1.29 is 0 Å². The fourth-order valence-corrected chi connectivity index (χ4v) is 3.18. The average molecular weight is 358 g/mol. The van der Waals surface area contributed by atoms with Crippen LogP contribution in [-0.4, -0.2) is 32.9 Å². The number of nitrogens with zero attached hydrogens (tertiary/aromatic N) is 4. The zero-order valence-corrected chi connectivity index (χ0v) is 13.6. The predicted molar refractivity (Wildman–Crippen MR) is 88.8 cm³/mol. The maximum atomic E-state index is 4.77. The molecule has 1 aliphatic rings. The van der Waals surface area contributed by atoms with E-state index in [9.17, 15) is 0 Å². The number of fused-ring (bicyclic) bond motifs is 1. The van der Waals surface area contributed by atoms with Gasteiger partial charge in [-0.1, -0.05) is 28.1 Å². The lowest BCUT2D eigenvalue weighted by atomic mass is 9.97. The number of piperidine rings is 1. The number of hydrogen-bond acceptors (Lipinski definition) is 4. The van der Waals surface area contributed by atoms with Crippen LogP contribution in [0.2, 0.25) is 0 Å². The maximum Gasteiger partial charge on any atom is 0.177 e. The average Bonchev–Trinajstić information content (AvgIpc) is 2.99. The Kier molecular flexibility index (Phi) is 3.63. The highest BCUT2D eigenvalue weighted by molar-refractivity contribution is 9.10. The largest absolute Gasteiger partial charge is 0.317 e. The van der Waals surface area contributed by atoms with Crippen molar-refractivity contribution in [1.29, 1.82) is 0 Å². The molecule has 1 saturated heterocycles. The molecule has 0 unspecified atom stereocenters. The third-order valence-electron chi connectivity index (χ3n) is 4.13. The lowest BCUT2D eigenvalue weighted by molar-refractivity contribution is 0.439. The quantitative estimate of drug-likeness (QED) is 0.765. The number of halogens is 1. The zero-order chi connectivity index (χ0) is 14.9. The van der Waals surface area contributed by atoms with E-state index in [0.29, 0.717) is 5.92 Å². The van der Waals surface area contributed by atoms with Crippen LogP contribution >= 0.6 is 15.9 Å². The molecular formula is C16H16BrN5. The Morgan fingerprint density at radius 2 is 1.77 bits per heavy atom. The van der Waals surface area contributed by atoms with Crippen molar-refractivity contribution in [2.24, 2.45) is 0 Å². The van der Waals surface area contributed by atoms with Gasteiger partial charge in [-0.2, -0.15) is 9.61 Å². The molecule has 4 rings (SSSR count). The van der Waals surface area contributed by atoms with Gasteiger partial charge < -0.3 is 5.32 Å². The van der Waals surface area contributed by atoms with Gasteiger partial charge in [0.25, 0.3) is 0 Å². The van der Waals surface area contributed by atoms with Crippen molar-refractivity contribution in [1.82, 2.24) is 25.1 Å². The van der Waals surface area contributed by atoms with Crippen molar-refractivity contribution in [2.75, 3.05) is 13.1 Å². The van der Waals surface area contributed by atoms with Crippen LogP contribution in [0, 0.1) is 0 Å². The van der Waals surface area contributed by atoms with Crippen molar-refractivity contribution in [2.45, 2.75) is 18.8 Å². The monoisotopic (exact) mass is 357 g/mol. The van der Waals surface area contributed by atoms with Gasteiger partial charge in [-0.05, 0) is 50.2 Å². The molecule has 6 heteroatoms. The Balaban J connectivity index is 1.77. The van der Waals surface area contributed by atoms with E-state index in [1.54, 1.807) is 0 Å². The van der Waals surface area contributed by atoms with E-state index < -0.39 is 0 Å². The smallest absolute Gasteiger partial charge is 0.177 e. The predicted octanol–water partition coefficient (Wildman–Crippen LogP) is 3.02. The Bertz CT molecular complexity index is 790. The van der Waals surface area contributed by atoms with Gasteiger partial charge in [-0.15, -0.1) is 10.2 Å². The maximum absolute atomic E-state index is 4.77. The normalized spacial score (nSPS) is 16.2. The zero-order valence-electron chi connectivity index (χ0n) is 12.0. The molecule has 1 aromatic carbocycles. The Labute approximate surface area is 136 Å². The van der Waals surface area contributed by atoms with Crippen LogP contribution in [0.1, 0.15) is 24.6 Å². The first-order valence-corrected chi connectivity index (χ1v) is 8.29. The van der Waals surface area contributed by atoms with E-state index in [4.69, 9.17) is 5.10 Å². The molecule has 5 nitrogen and oxygen atoms in total. The van der Waals surface area contributed by atoms with Gasteiger partial charge in [-0.3, -0.25) is 0 Å².